The lowest BCUT2D eigenvalue weighted by Crippen LogP contribution is -2.28. The van der Waals surface area contributed by atoms with E-state index >= 15 is 0 Å². The van der Waals surface area contributed by atoms with Crippen LogP contribution in [0.5, 0.6) is 0 Å². The van der Waals surface area contributed by atoms with Crippen LogP contribution in [0.3, 0.4) is 0 Å². The predicted octanol–water partition coefficient (Wildman–Crippen LogP) is 0.825. The molecule has 1 aliphatic carbocycles. The van der Waals surface area contributed by atoms with Gasteiger partial charge >= 0.3 is 0 Å². The summed E-state index contributed by atoms with van der Waals surface area (Å²) in [6, 6.07) is -0.0338. The van der Waals surface area contributed by atoms with E-state index in [1.54, 1.807) is 12.5 Å². The fraction of sp³-hybridized carbons (Fsp3) is 0.667. The van der Waals surface area contributed by atoms with Gasteiger partial charge in [-0.15, -0.1) is 24.8 Å². The first-order chi connectivity index (χ1) is 6.25. The molecule has 2 rings (SSSR count). The molecule has 88 valence electrons. The van der Waals surface area contributed by atoms with E-state index in [0.29, 0.717) is 5.92 Å². The minimum absolute atomic E-state index is 0. The Bertz CT molecular complexity index is 258. The van der Waals surface area contributed by atoms with Crippen molar-refractivity contribution in [2.75, 3.05) is 0 Å². The topological polar surface area (TPSA) is 64.1 Å². The average molecular weight is 254 g/mol. The van der Waals surface area contributed by atoms with Crippen molar-refractivity contribution in [1.82, 2.24) is 9.55 Å². The second kappa shape index (κ2) is 6.33. The molecular weight excluding hydrogens is 237 g/mol. The van der Waals surface area contributed by atoms with Crippen molar-refractivity contribution in [3.63, 3.8) is 0 Å². The van der Waals surface area contributed by atoms with Gasteiger partial charge in [-0.1, -0.05) is 0 Å². The van der Waals surface area contributed by atoms with Crippen molar-refractivity contribution < 1.29 is 5.11 Å². The molecule has 0 bridgehead atoms. The molecule has 0 aliphatic heterocycles. The van der Waals surface area contributed by atoms with Gasteiger partial charge in [0, 0.05) is 25.0 Å². The summed E-state index contributed by atoms with van der Waals surface area (Å²) in [7, 11) is 0. The molecule has 1 aliphatic rings. The molecule has 1 aromatic rings. The number of nitrogens with two attached hydrogens (primary N) is 1. The van der Waals surface area contributed by atoms with Crippen molar-refractivity contribution in [3.05, 3.63) is 18.7 Å². The number of rotatable bonds is 2. The molecular formula is C9H17Cl2N3O. The second-order valence-corrected chi connectivity index (χ2v) is 3.83. The Kier molecular flexibility index (Phi) is 6.20. The molecule has 6 heteroatoms. The molecule has 1 saturated carbocycles. The summed E-state index contributed by atoms with van der Waals surface area (Å²) >= 11 is 0. The van der Waals surface area contributed by atoms with Crippen LogP contribution in [0.15, 0.2) is 18.7 Å². The maximum absolute atomic E-state index is 9.45. The third-order valence-corrected chi connectivity index (χ3v) is 2.70. The summed E-state index contributed by atoms with van der Waals surface area (Å²) in [5, 5.41) is 9.45. The number of nitrogens with zero attached hydrogens (tertiary/aromatic N) is 2. The monoisotopic (exact) mass is 253 g/mol. The second-order valence-electron chi connectivity index (χ2n) is 3.83. The van der Waals surface area contributed by atoms with Gasteiger partial charge < -0.3 is 15.4 Å². The molecule has 0 aromatic carbocycles. The van der Waals surface area contributed by atoms with Crippen LogP contribution < -0.4 is 5.73 Å². The summed E-state index contributed by atoms with van der Waals surface area (Å²) in [5.74, 6) is 0.499. The van der Waals surface area contributed by atoms with Crippen LogP contribution in [0, 0.1) is 5.92 Å². The van der Waals surface area contributed by atoms with Crippen LogP contribution in [0.2, 0.25) is 0 Å². The van der Waals surface area contributed by atoms with Gasteiger partial charge in [0.25, 0.3) is 0 Å². The van der Waals surface area contributed by atoms with E-state index in [1.165, 1.54) is 0 Å². The number of aromatic nitrogens is 2. The Hall–Kier alpha value is -0.290. The van der Waals surface area contributed by atoms with Gasteiger partial charge in [-0.3, -0.25) is 0 Å². The first-order valence-electron chi connectivity index (χ1n) is 4.65. The van der Waals surface area contributed by atoms with Crippen LogP contribution in [0.4, 0.5) is 0 Å². The molecule has 3 atom stereocenters. The summed E-state index contributed by atoms with van der Waals surface area (Å²) < 4.78 is 2.04. The summed E-state index contributed by atoms with van der Waals surface area (Å²) in [5.41, 5.74) is 5.72. The van der Waals surface area contributed by atoms with Crippen molar-refractivity contribution in [2.24, 2.45) is 11.7 Å². The van der Waals surface area contributed by atoms with Gasteiger partial charge in [0.2, 0.25) is 0 Å². The van der Waals surface area contributed by atoms with E-state index in [4.69, 9.17) is 5.73 Å². The maximum atomic E-state index is 9.45. The Labute approximate surface area is 102 Å². The number of aliphatic hydroxyl groups excluding tert-OH is 1. The van der Waals surface area contributed by atoms with Crippen molar-refractivity contribution in [3.8, 4) is 0 Å². The molecule has 1 heterocycles. The van der Waals surface area contributed by atoms with E-state index in [-0.39, 0.29) is 37.0 Å². The van der Waals surface area contributed by atoms with Crippen molar-refractivity contribution in [2.45, 2.75) is 31.5 Å². The molecule has 0 amide bonds. The van der Waals surface area contributed by atoms with Crippen LogP contribution in [-0.2, 0) is 6.54 Å². The fourth-order valence-corrected chi connectivity index (χ4v) is 2.00. The molecule has 4 nitrogen and oxygen atoms in total. The number of halogens is 2. The summed E-state index contributed by atoms with van der Waals surface area (Å²) in [6.07, 6.45) is 6.93. The predicted molar refractivity (Wildman–Crippen MR) is 63.4 cm³/mol. The van der Waals surface area contributed by atoms with Gasteiger partial charge in [-0.2, -0.15) is 0 Å². The van der Waals surface area contributed by atoms with E-state index in [2.05, 4.69) is 4.98 Å². The highest BCUT2D eigenvalue weighted by atomic mass is 35.5. The standard InChI is InChI=1S/C9H15N3O.2ClH/c10-8-3-7(4-9(8)13)5-12-2-1-11-6-12;;/h1-2,6-9,13H,3-5,10H2;2*1H/t7?,8-,9-;;/m1../s1. The third kappa shape index (κ3) is 3.65. The van der Waals surface area contributed by atoms with Gasteiger partial charge in [0.05, 0.1) is 12.4 Å². The zero-order valence-corrected chi connectivity index (χ0v) is 9.95. The average Bonchev–Trinajstić information content (AvgIpc) is 2.64. The van der Waals surface area contributed by atoms with Gasteiger partial charge in [0.1, 0.15) is 0 Å². The number of hydrogen-bond donors (Lipinski definition) is 2. The number of aliphatic hydroxyl groups is 1. The fourth-order valence-electron chi connectivity index (χ4n) is 2.00. The number of hydrogen-bond acceptors (Lipinski definition) is 3. The summed E-state index contributed by atoms with van der Waals surface area (Å²) in [6.45, 7) is 0.921. The smallest absolute Gasteiger partial charge is 0.0945 e. The zero-order valence-electron chi connectivity index (χ0n) is 8.32. The molecule has 3 N–H and O–H groups in total. The van der Waals surface area contributed by atoms with E-state index in [0.717, 1.165) is 19.4 Å². The first-order valence-corrected chi connectivity index (χ1v) is 4.65. The normalized spacial score (nSPS) is 29.3. The maximum Gasteiger partial charge on any atom is 0.0945 e. The minimum Gasteiger partial charge on any atom is -0.392 e. The van der Waals surface area contributed by atoms with Crippen LogP contribution in [0.1, 0.15) is 12.8 Å². The molecule has 15 heavy (non-hydrogen) atoms. The third-order valence-electron chi connectivity index (χ3n) is 2.70. The summed E-state index contributed by atoms with van der Waals surface area (Å²) in [4.78, 5) is 3.97. The molecule has 1 unspecified atom stereocenters. The van der Waals surface area contributed by atoms with Crippen molar-refractivity contribution in [1.29, 1.82) is 0 Å². The van der Waals surface area contributed by atoms with Gasteiger partial charge in [-0.25, -0.2) is 4.98 Å². The lowest BCUT2D eigenvalue weighted by molar-refractivity contribution is 0.160. The van der Waals surface area contributed by atoms with E-state index in [9.17, 15) is 5.11 Å². The largest absolute Gasteiger partial charge is 0.392 e. The Morgan fingerprint density at radius 1 is 1.40 bits per heavy atom. The highest BCUT2D eigenvalue weighted by molar-refractivity contribution is 5.85. The van der Waals surface area contributed by atoms with Crippen LogP contribution in [-0.4, -0.2) is 26.8 Å². The Balaban J connectivity index is 0.000000980. The molecule has 0 spiro atoms. The van der Waals surface area contributed by atoms with Crippen molar-refractivity contribution >= 4 is 24.8 Å². The highest BCUT2D eigenvalue weighted by Gasteiger charge is 2.30. The SMILES string of the molecule is Cl.Cl.N[C@@H]1CC(Cn2ccnc2)C[C@H]1O. The quantitative estimate of drug-likeness (QED) is 0.821. The van der Waals surface area contributed by atoms with Gasteiger partial charge in [0.15, 0.2) is 0 Å². The number of imidazole rings is 1. The minimum atomic E-state index is -0.312. The Morgan fingerprint density at radius 3 is 2.60 bits per heavy atom. The van der Waals surface area contributed by atoms with E-state index in [1.807, 2.05) is 10.8 Å². The first kappa shape index (κ1) is 14.7. The highest BCUT2D eigenvalue weighted by Crippen LogP contribution is 2.25. The molecule has 0 radical (unpaired) electrons. The van der Waals surface area contributed by atoms with Gasteiger partial charge in [-0.05, 0) is 18.8 Å². The zero-order chi connectivity index (χ0) is 9.26. The lowest BCUT2D eigenvalue weighted by atomic mass is 10.1. The van der Waals surface area contributed by atoms with Crippen LogP contribution >= 0.6 is 24.8 Å². The Morgan fingerprint density at radius 2 is 2.13 bits per heavy atom. The molecule has 1 aromatic heterocycles. The molecule has 1 fully saturated rings. The van der Waals surface area contributed by atoms with Crippen LogP contribution in [0.25, 0.3) is 0 Å². The molecule has 0 saturated heterocycles. The van der Waals surface area contributed by atoms with E-state index < -0.39 is 0 Å². The lowest BCUT2D eigenvalue weighted by Gasteiger charge is -2.08.